The van der Waals surface area contributed by atoms with Crippen molar-refractivity contribution in [2.45, 2.75) is 235 Å². The highest BCUT2D eigenvalue weighted by Crippen LogP contribution is 2.59. The smallest absolute Gasteiger partial charge is 0.0165 e. The lowest BCUT2D eigenvalue weighted by Crippen LogP contribution is -2.15. The van der Waals surface area contributed by atoms with E-state index in [9.17, 15) is 0 Å². The van der Waals surface area contributed by atoms with E-state index in [2.05, 4.69) is 457 Å². The monoisotopic (exact) mass is 1870 g/mol. The van der Waals surface area contributed by atoms with Crippen LogP contribution in [0.4, 0.5) is 0 Å². The molecule has 0 amide bonds. The summed E-state index contributed by atoms with van der Waals surface area (Å²) in [4.78, 5) is 0. The number of hydrogen-bond acceptors (Lipinski definition) is 0. The first-order chi connectivity index (χ1) is 69.8. The summed E-state index contributed by atoms with van der Waals surface area (Å²) in [7, 11) is 0. The Morgan fingerprint density at radius 1 is 0.119 bits per heavy atom. The maximum Gasteiger partial charge on any atom is 0.0165 e. The Morgan fingerprint density at radius 2 is 0.406 bits per heavy atom. The van der Waals surface area contributed by atoms with Crippen LogP contribution in [0.2, 0.25) is 0 Å². The summed E-state index contributed by atoms with van der Waals surface area (Å²) in [6.07, 6.45) is 0. The maximum atomic E-state index is 2.42. The second kappa shape index (κ2) is 45.9. The molecule has 0 nitrogen and oxygen atoms in total. The molecule has 22 aromatic rings. The van der Waals surface area contributed by atoms with E-state index in [1.807, 2.05) is 138 Å². The highest BCUT2D eigenvalue weighted by molar-refractivity contribution is 6.20. The highest BCUT2D eigenvalue weighted by atomic mass is 14.5. The molecule has 0 heteroatoms. The molecule has 0 saturated carbocycles. The van der Waals surface area contributed by atoms with Crippen molar-refractivity contribution in [2.24, 2.45) is 0 Å². The van der Waals surface area contributed by atoms with Crippen LogP contribution in [0, 0.1) is 0 Å². The molecule has 0 spiro atoms. The molecule has 726 valence electrons. The van der Waals surface area contributed by atoms with Crippen molar-refractivity contribution < 1.29 is 0 Å². The van der Waals surface area contributed by atoms with E-state index in [0.717, 1.165) is 0 Å². The fraction of sp³-hybridized carbons (Fsp3) is 0.245. The Balaban J connectivity index is 0.000000144. The minimum Gasteiger partial charge on any atom is -0.0683 e. The Kier molecular flexibility index (Phi) is 34.1. The van der Waals surface area contributed by atoms with Gasteiger partial charge in [-0.2, -0.15) is 0 Å². The van der Waals surface area contributed by atoms with E-state index in [4.69, 9.17) is 0 Å². The van der Waals surface area contributed by atoms with Gasteiger partial charge in [0.2, 0.25) is 0 Å². The lowest BCUT2D eigenvalue weighted by Gasteiger charge is -2.24. The summed E-state index contributed by atoms with van der Waals surface area (Å²) < 4.78 is 0. The van der Waals surface area contributed by atoms with Crippen LogP contribution in [-0.4, -0.2) is 0 Å². The molecule has 0 saturated heterocycles. The molecule has 27 rings (SSSR count). The van der Waals surface area contributed by atoms with Gasteiger partial charge >= 0.3 is 0 Å². The molecule has 143 heavy (non-hydrogen) atoms. The number of fused-ring (bicyclic) bond motifs is 37. The molecule has 0 heterocycles. The molecule has 0 radical (unpaired) electrons. The normalized spacial score (nSPS) is 13.1. The van der Waals surface area contributed by atoms with Crippen LogP contribution < -0.4 is 0 Å². The molecule has 0 aromatic heterocycles. The van der Waals surface area contributed by atoms with E-state index < -0.39 is 0 Å². The van der Waals surface area contributed by atoms with Crippen LogP contribution in [0.25, 0.3) is 185 Å². The van der Waals surface area contributed by atoms with Crippen LogP contribution in [0.5, 0.6) is 0 Å². The first-order valence-electron chi connectivity index (χ1n) is 53.9. The third-order valence-electron chi connectivity index (χ3n) is 29.1. The van der Waals surface area contributed by atoms with Crippen LogP contribution in [-0.2, 0) is 27.1 Å². The van der Waals surface area contributed by atoms with E-state index in [-0.39, 0.29) is 27.1 Å². The second-order valence-electron chi connectivity index (χ2n) is 37.6. The minimum absolute atomic E-state index is 0.0224. The van der Waals surface area contributed by atoms with Gasteiger partial charge in [-0.1, -0.05) is 560 Å². The van der Waals surface area contributed by atoms with Crippen LogP contribution in [0.3, 0.4) is 0 Å². The van der Waals surface area contributed by atoms with E-state index >= 15 is 0 Å². The van der Waals surface area contributed by atoms with Gasteiger partial charge < -0.3 is 0 Å². The van der Waals surface area contributed by atoms with Gasteiger partial charge in [0.05, 0.1) is 0 Å². The minimum atomic E-state index is 0.0224. The molecule has 0 fully saturated rings. The van der Waals surface area contributed by atoms with Crippen molar-refractivity contribution in [3.8, 4) is 55.6 Å². The maximum absolute atomic E-state index is 2.42. The first kappa shape index (κ1) is 106. The second-order valence-corrected chi connectivity index (χ2v) is 37.6. The van der Waals surface area contributed by atoms with Crippen molar-refractivity contribution >= 4 is 129 Å². The summed E-state index contributed by atoms with van der Waals surface area (Å²) in [6.45, 7) is 63.6. The zero-order valence-corrected chi connectivity index (χ0v) is 91.5. The molecule has 0 N–H and O–H groups in total. The quantitative estimate of drug-likeness (QED) is 0.105. The van der Waals surface area contributed by atoms with Crippen molar-refractivity contribution in [1.29, 1.82) is 0 Å². The lowest BCUT2D eigenvalue weighted by molar-refractivity contribution is 0.661. The van der Waals surface area contributed by atoms with Gasteiger partial charge in [0, 0.05) is 27.1 Å². The molecule has 22 aromatic carbocycles. The third kappa shape index (κ3) is 18.6. The molecule has 5 aliphatic carbocycles. The van der Waals surface area contributed by atoms with Gasteiger partial charge in [0.1, 0.15) is 0 Å². The predicted molar refractivity (Wildman–Crippen MR) is 644 cm³/mol. The van der Waals surface area contributed by atoms with E-state index in [1.165, 1.54) is 241 Å². The lowest BCUT2D eigenvalue weighted by atomic mass is 9.79. The Hall–Kier alpha value is -14.0. The molecule has 0 unspecified atom stereocenters. The number of rotatable bonds is 0. The van der Waals surface area contributed by atoms with Crippen molar-refractivity contribution in [3.63, 3.8) is 0 Å². The standard InChI is InChI=1S/2C27H20.3C23H18.10C2H6/c1-27(2)23-13-11-17-7-5-6-10-21(17)25(23)26-22-16-19-9-4-3-8-18(19)15-20(22)12-14-24(26)27;1-27(2)24-12-11-17-7-5-6-10-22(17)26(24)23-15-20-13-18-8-3-4-9-19(18)14-21(20)16-25(23)27;1-23(2)20-14-8-7-13-19(20)21-17-11-5-3-9-15(17)16-10-4-6-12-18(16)22(21)23;1-23(2)20-10-6-5-9-18(20)19-14-13-16-12-11-15-7-3-4-8-17(15)21(16)22(19)23;1-23(2)21-10-6-5-9-18(21)20-14-13-17-16-8-4-3-7-15(16)11-12-19(17)22(20)23;10*1-2/h2*3-16H,1-2H3;3*3-14H,1-2H3;10*1-2H3. The van der Waals surface area contributed by atoms with Gasteiger partial charge in [0.25, 0.3) is 0 Å². The molecular formula is C143H154. The van der Waals surface area contributed by atoms with Gasteiger partial charge in [0.15, 0.2) is 0 Å². The highest BCUT2D eigenvalue weighted by Gasteiger charge is 2.43. The zero-order chi connectivity index (χ0) is 103. The average molecular weight is 1870 g/mol. The van der Waals surface area contributed by atoms with Crippen molar-refractivity contribution in [3.05, 3.63) is 444 Å². The van der Waals surface area contributed by atoms with Gasteiger partial charge in [-0.15, -0.1) is 0 Å². The van der Waals surface area contributed by atoms with E-state index in [0.29, 0.717) is 0 Å². The van der Waals surface area contributed by atoms with Crippen LogP contribution in [0.15, 0.2) is 388 Å². The predicted octanol–water partition coefficient (Wildman–Crippen LogP) is 44.1. The summed E-state index contributed by atoms with van der Waals surface area (Å²) >= 11 is 0. The Morgan fingerprint density at radius 3 is 0.923 bits per heavy atom. The fourth-order valence-corrected chi connectivity index (χ4v) is 23.2. The summed E-state index contributed by atoms with van der Waals surface area (Å²) in [5, 5.41) is 32.3. The van der Waals surface area contributed by atoms with Crippen LogP contribution in [0.1, 0.15) is 263 Å². The van der Waals surface area contributed by atoms with E-state index in [1.54, 1.807) is 0 Å². The van der Waals surface area contributed by atoms with Crippen molar-refractivity contribution in [1.82, 2.24) is 0 Å². The topological polar surface area (TPSA) is 0 Å². The van der Waals surface area contributed by atoms with Crippen molar-refractivity contribution in [2.75, 3.05) is 0 Å². The molecular weight excluding hydrogens is 1720 g/mol. The number of benzene rings is 22. The summed E-state index contributed by atoms with van der Waals surface area (Å²) in [6, 6.07) is 143. The van der Waals surface area contributed by atoms with Gasteiger partial charge in [-0.3, -0.25) is 0 Å². The summed E-state index contributed by atoms with van der Waals surface area (Å²) in [5.74, 6) is 0. The first-order valence-corrected chi connectivity index (χ1v) is 53.9. The molecule has 0 bridgehead atoms. The average Bonchev–Trinajstić information content (AvgIpc) is 1.54. The molecule has 0 atom stereocenters. The van der Waals surface area contributed by atoms with Gasteiger partial charge in [-0.05, 0) is 277 Å². The molecule has 0 aliphatic heterocycles. The SMILES string of the molecule is CC.CC.CC.CC.CC.CC.CC.CC.CC.CC.CC1(C)c2cc3cc4ccccc4cc3cc2-c2c1ccc1ccccc21.CC1(C)c2ccc3ccccc3c2-c2c1ccc1cc3ccccc3cc21.CC1(C)c2ccccc2-c2c1c1ccccc1c1ccccc21.CC1(C)c2ccccc2-c2ccc3c(ccc4ccccc43)c21.CC1(C)c2ccccc2-c2ccc3ccc4ccccc4c3c21. The Labute approximate surface area is 857 Å². The van der Waals surface area contributed by atoms with Crippen LogP contribution >= 0.6 is 0 Å². The Bertz CT molecular complexity index is 8240. The number of hydrogen-bond donors (Lipinski definition) is 0. The fourth-order valence-electron chi connectivity index (χ4n) is 23.2. The third-order valence-corrected chi connectivity index (χ3v) is 29.1. The summed E-state index contributed by atoms with van der Waals surface area (Å²) in [5.41, 5.74) is 28.8. The largest absolute Gasteiger partial charge is 0.0683 e. The van der Waals surface area contributed by atoms with Gasteiger partial charge in [-0.25, -0.2) is 0 Å². The zero-order valence-electron chi connectivity index (χ0n) is 91.5. The molecule has 5 aliphatic rings.